The van der Waals surface area contributed by atoms with Gasteiger partial charge in [-0.1, -0.05) is 11.6 Å². The Morgan fingerprint density at radius 2 is 1.95 bits per heavy atom. The van der Waals surface area contributed by atoms with Crippen molar-refractivity contribution in [2.24, 2.45) is 0 Å². The zero-order chi connectivity index (χ0) is 15.6. The number of benzene rings is 2. The summed E-state index contributed by atoms with van der Waals surface area (Å²) < 4.78 is 13.5. The maximum Gasteiger partial charge on any atom is 0.256 e. The molecule has 0 saturated heterocycles. The van der Waals surface area contributed by atoms with Crippen LogP contribution in [0.15, 0.2) is 40.9 Å². The Bertz CT molecular complexity index is 691. The van der Waals surface area contributed by atoms with Crippen molar-refractivity contribution in [1.82, 2.24) is 0 Å². The molecule has 0 atom stereocenters. The quantitative estimate of drug-likeness (QED) is 0.858. The van der Waals surface area contributed by atoms with Crippen LogP contribution in [0, 0.1) is 5.82 Å². The van der Waals surface area contributed by atoms with Crippen LogP contribution < -0.4 is 10.2 Å². The van der Waals surface area contributed by atoms with Crippen molar-refractivity contribution in [2.45, 2.75) is 0 Å². The van der Waals surface area contributed by atoms with Crippen LogP contribution in [0.5, 0.6) is 0 Å². The first-order chi connectivity index (χ1) is 9.88. The molecule has 6 heteroatoms. The first-order valence-corrected chi connectivity index (χ1v) is 7.29. The molecule has 0 aliphatic carbocycles. The standard InChI is InChI=1S/C15H13BrClFN2O/c1-20(2)14-6-3-9(17)7-13(14)19-15(21)11-5-4-10(18)8-12(11)16/h3-8H,1-2H3,(H,19,21). The Balaban J connectivity index is 2.33. The summed E-state index contributed by atoms with van der Waals surface area (Å²) in [5.74, 6) is -0.748. The van der Waals surface area contributed by atoms with Gasteiger partial charge in [-0.05, 0) is 52.3 Å². The molecule has 1 N–H and O–H groups in total. The summed E-state index contributed by atoms with van der Waals surface area (Å²) in [5.41, 5.74) is 1.76. The van der Waals surface area contributed by atoms with E-state index in [9.17, 15) is 9.18 Å². The van der Waals surface area contributed by atoms with E-state index in [2.05, 4.69) is 21.2 Å². The van der Waals surface area contributed by atoms with Crippen molar-refractivity contribution in [1.29, 1.82) is 0 Å². The molecule has 110 valence electrons. The lowest BCUT2D eigenvalue weighted by Gasteiger charge is -2.18. The van der Waals surface area contributed by atoms with Gasteiger partial charge in [-0.2, -0.15) is 0 Å². The summed E-state index contributed by atoms with van der Waals surface area (Å²) in [5, 5.41) is 3.31. The highest BCUT2D eigenvalue weighted by atomic mass is 79.9. The van der Waals surface area contributed by atoms with Crippen LogP contribution >= 0.6 is 27.5 Å². The maximum absolute atomic E-state index is 13.1. The number of carbonyl (C=O) groups is 1. The Labute approximate surface area is 135 Å². The van der Waals surface area contributed by atoms with Crippen LogP contribution in [0.3, 0.4) is 0 Å². The third-order valence-corrected chi connectivity index (χ3v) is 3.76. The van der Waals surface area contributed by atoms with E-state index >= 15 is 0 Å². The van der Waals surface area contributed by atoms with E-state index in [-0.39, 0.29) is 5.91 Å². The number of nitrogens with zero attached hydrogens (tertiary/aromatic N) is 1. The molecule has 1 amide bonds. The smallest absolute Gasteiger partial charge is 0.256 e. The van der Waals surface area contributed by atoms with Crippen LogP contribution in [-0.2, 0) is 0 Å². The van der Waals surface area contributed by atoms with Gasteiger partial charge in [-0.15, -0.1) is 0 Å². The fraction of sp³-hybridized carbons (Fsp3) is 0.133. The topological polar surface area (TPSA) is 32.3 Å². The molecule has 0 saturated carbocycles. The van der Waals surface area contributed by atoms with Gasteiger partial charge in [0.2, 0.25) is 0 Å². The largest absolute Gasteiger partial charge is 0.376 e. The average Bonchev–Trinajstić information content (AvgIpc) is 2.37. The maximum atomic E-state index is 13.1. The summed E-state index contributed by atoms with van der Waals surface area (Å²) in [6.07, 6.45) is 0. The lowest BCUT2D eigenvalue weighted by atomic mass is 10.2. The van der Waals surface area contributed by atoms with E-state index in [0.717, 1.165) is 5.69 Å². The van der Waals surface area contributed by atoms with Crippen molar-refractivity contribution in [3.8, 4) is 0 Å². The Morgan fingerprint density at radius 1 is 1.24 bits per heavy atom. The molecule has 21 heavy (non-hydrogen) atoms. The number of hydrogen-bond donors (Lipinski definition) is 1. The van der Waals surface area contributed by atoms with Crippen LogP contribution in [0.2, 0.25) is 5.02 Å². The van der Waals surface area contributed by atoms with Gasteiger partial charge in [0.05, 0.1) is 16.9 Å². The van der Waals surface area contributed by atoms with Gasteiger partial charge >= 0.3 is 0 Å². The predicted octanol–water partition coefficient (Wildman–Crippen LogP) is 4.56. The number of anilines is 2. The lowest BCUT2D eigenvalue weighted by Crippen LogP contribution is -2.17. The molecule has 0 heterocycles. The first kappa shape index (κ1) is 15.8. The molecule has 2 aromatic carbocycles. The Hall–Kier alpha value is -1.59. The van der Waals surface area contributed by atoms with E-state index < -0.39 is 5.82 Å². The van der Waals surface area contributed by atoms with Gasteiger partial charge in [-0.3, -0.25) is 4.79 Å². The fourth-order valence-corrected chi connectivity index (χ4v) is 2.56. The van der Waals surface area contributed by atoms with Crippen molar-refractivity contribution in [3.05, 3.63) is 57.3 Å². The second-order valence-corrected chi connectivity index (χ2v) is 5.92. The van der Waals surface area contributed by atoms with Gasteiger partial charge in [-0.25, -0.2) is 4.39 Å². The Morgan fingerprint density at radius 3 is 2.57 bits per heavy atom. The summed E-state index contributed by atoms with van der Waals surface area (Å²) in [7, 11) is 3.74. The minimum Gasteiger partial charge on any atom is -0.376 e. The van der Waals surface area contributed by atoms with Gasteiger partial charge in [0.15, 0.2) is 0 Å². The van der Waals surface area contributed by atoms with Gasteiger partial charge < -0.3 is 10.2 Å². The third-order valence-electron chi connectivity index (χ3n) is 2.86. The molecule has 0 unspecified atom stereocenters. The Kier molecular flexibility index (Phi) is 4.85. The second kappa shape index (κ2) is 6.45. The molecule has 0 aromatic heterocycles. The number of rotatable bonds is 3. The highest BCUT2D eigenvalue weighted by Gasteiger charge is 2.14. The molecular formula is C15H13BrClFN2O. The van der Waals surface area contributed by atoms with Crippen molar-refractivity contribution >= 4 is 44.8 Å². The van der Waals surface area contributed by atoms with Gasteiger partial charge in [0, 0.05) is 23.6 Å². The average molecular weight is 372 g/mol. The highest BCUT2D eigenvalue weighted by molar-refractivity contribution is 9.10. The van der Waals surface area contributed by atoms with E-state index in [1.807, 2.05) is 25.1 Å². The molecule has 0 radical (unpaired) electrons. The minimum atomic E-state index is -0.407. The minimum absolute atomic E-state index is 0.341. The van der Waals surface area contributed by atoms with Crippen LogP contribution in [-0.4, -0.2) is 20.0 Å². The van der Waals surface area contributed by atoms with Gasteiger partial charge in [0.1, 0.15) is 5.82 Å². The molecule has 2 aromatic rings. The van der Waals surface area contributed by atoms with Crippen LogP contribution in [0.25, 0.3) is 0 Å². The number of hydrogen-bond acceptors (Lipinski definition) is 2. The van der Waals surface area contributed by atoms with Crippen molar-refractivity contribution in [3.63, 3.8) is 0 Å². The molecule has 0 aliphatic rings. The number of nitrogens with one attached hydrogen (secondary N) is 1. The second-order valence-electron chi connectivity index (χ2n) is 4.63. The van der Waals surface area contributed by atoms with Gasteiger partial charge in [0.25, 0.3) is 5.91 Å². The van der Waals surface area contributed by atoms with E-state index in [1.165, 1.54) is 18.2 Å². The lowest BCUT2D eigenvalue weighted by molar-refractivity contribution is 0.102. The number of halogens is 3. The molecule has 2 rings (SSSR count). The van der Waals surface area contributed by atoms with Crippen LogP contribution in [0.4, 0.5) is 15.8 Å². The summed E-state index contributed by atoms with van der Waals surface area (Å²) >= 11 is 9.16. The molecule has 0 fully saturated rings. The number of carbonyl (C=O) groups excluding carboxylic acids is 1. The van der Waals surface area contributed by atoms with E-state index in [4.69, 9.17) is 11.6 Å². The van der Waals surface area contributed by atoms with Crippen molar-refractivity contribution in [2.75, 3.05) is 24.3 Å². The molecule has 0 bridgehead atoms. The predicted molar refractivity (Wildman–Crippen MR) is 87.8 cm³/mol. The van der Waals surface area contributed by atoms with Crippen LogP contribution in [0.1, 0.15) is 10.4 Å². The zero-order valence-corrected chi connectivity index (χ0v) is 13.8. The first-order valence-electron chi connectivity index (χ1n) is 6.12. The molecular weight excluding hydrogens is 359 g/mol. The number of amides is 1. The zero-order valence-electron chi connectivity index (χ0n) is 11.5. The van der Waals surface area contributed by atoms with Crippen molar-refractivity contribution < 1.29 is 9.18 Å². The monoisotopic (exact) mass is 370 g/mol. The molecule has 0 aliphatic heterocycles. The van der Waals surface area contributed by atoms with E-state index in [0.29, 0.717) is 20.7 Å². The molecule has 3 nitrogen and oxygen atoms in total. The normalized spacial score (nSPS) is 10.3. The molecule has 0 spiro atoms. The van der Waals surface area contributed by atoms with E-state index in [1.54, 1.807) is 12.1 Å². The summed E-state index contributed by atoms with van der Waals surface area (Å²) in [6.45, 7) is 0. The highest BCUT2D eigenvalue weighted by Crippen LogP contribution is 2.29. The summed E-state index contributed by atoms with van der Waals surface area (Å²) in [6, 6.07) is 9.16. The fourth-order valence-electron chi connectivity index (χ4n) is 1.86. The SMILES string of the molecule is CN(C)c1ccc(Cl)cc1NC(=O)c1ccc(F)cc1Br. The third kappa shape index (κ3) is 3.74. The summed E-state index contributed by atoms with van der Waals surface area (Å²) in [4.78, 5) is 14.2.